The van der Waals surface area contributed by atoms with Crippen molar-refractivity contribution >= 4 is 23.5 Å². The molecule has 0 aliphatic carbocycles. The van der Waals surface area contributed by atoms with Gasteiger partial charge in [-0.3, -0.25) is 14.9 Å². The van der Waals surface area contributed by atoms with Gasteiger partial charge >= 0.3 is 0 Å². The molecule has 3 rings (SSSR count). The molecule has 1 aliphatic rings. The first kappa shape index (κ1) is 16.8. The fourth-order valence-corrected chi connectivity index (χ4v) is 2.73. The van der Waals surface area contributed by atoms with E-state index in [1.807, 2.05) is 0 Å². The van der Waals surface area contributed by atoms with Gasteiger partial charge in [-0.1, -0.05) is 12.1 Å². The zero-order valence-corrected chi connectivity index (χ0v) is 13.9. The standard InChI is InChI=1S/C18H18N4O3/c1-13-4-6-15(10-16(13)22(24)25)17(23)7-5-14-11-19-18(20-12-14)21-8-2-3-9-21/h4-7,10-12H,2-3,8-9H2,1H3/b7-5+. The summed E-state index contributed by atoms with van der Waals surface area (Å²) < 4.78 is 0. The van der Waals surface area contributed by atoms with E-state index < -0.39 is 4.92 Å². The summed E-state index contributed by atoms with van der Waals surface area (Å²) in [5, 5.41) is 11.0. The lowest BCUT2D eigenvalue weighted by atomic mass is 10.1. The molecule has 0 saturated carbocycles. The fraction of sp³-hybridized carbons (Fsp3) is 0.278. The van der Waals surface area contributed by atoms with Crippen LogP contribution in [0.2, 0.25) is 0 Å². The molecule has 1 aromatic heterocycles. The van der Waals surface area contributed by atoms with Crippen molar-refractivity contribution in [2.45, 2.75) is 19.8 Å². The molecule has 7 nitrogen and oxygen atoms in total. The van der Waals surface area contributed by atoms with Crippen molar-refractivity contribution in [3.8, 4) is 0 Å². The van der Waals surface area contributed by atoms with Crippen molar-refractivity contribution in [3.63, 3.8) is 0 Å². The second-order valence-corrected chi connectivity index (χ2v) is 5.97. The van der Waals surface area contributed by atoms with Crippen LogP contribution in [0.4, 0.5) is 11.6 Å². The predicted octanol–water partition coefficient (Wildman–Crippen LogP) is 3.19. The highest BCUT2D eigenvalue weighted by molar-refractivity contribution is 6.07. The van der Waals surface area contributed by atoms with Gasteiger partial charge in [-0.05, 0) is 31.9 Å². The topological polar surface area (TPSA) is 89.2 Å². The first-order valence-electron chi connectivity index (χ1n) is 8.09. The van der Waals surface area contributed by atoms with Gasteiger partial charge in [-0.2, -0.15) is 0 Å². The number of benzene rings is 1. The van der Waals surface area contributed by atoms with Gasteiger partial charge in [-0.15, -0.1) is 0 Å². The minimum atomic E-state index is -0.485. The number of ketones is 1. The zero-order valence-electron chi connectivity index (χ0n) is 13.9. The lowest BCUT2D eigenvalue weighted by molar-refractivity contribution is -0.385. The van der Waals surface area contributed by atoms with Gasteiger partial charge in [0.2, 0.25) is 5.95 Å². The molecule has 1 aromatic carbocycles. The van der Waals surface area contributed by atoms with Crippen molar-refractivity contribution in [2.24, 2.45) is 0 Å². The number of nitrogens with zero attached hydrogens (tertiary/aromatic N) is 4. The summed E-state index contributed by atoms with van der Waals surface area (Å²) >= 11 is 0. The van der Waals surface area contributed by atoms with Gasteiger partial charge in [0.25, 0.3) is 5.69 Å². The normalized spacial score (nSPS) is 14.2. The number of hydrogen-bond donors (Lipinski definition) is 0. The zero-order chi connectivity index (χ0) is 17.8. The molecular weight excluding hydrogens is 320 g/mol. The molecule has 0 radical (unpaired) electrons. The van der Waals surface area contributed by atoms with Crippen molar-refractivity contribution in [3.05, 3.63) is 63.5 Å². The Balaban J connectivity index is 1.72. The number of aromatic nitrogens is 2. The molecule has 25 heavy (non-hydrogen) atoms. The quantitative estimate of drug-likeness (QED) is 0.360. The number of carbonyl (C=O) groups excluding carboxylic acids is 1. The Bertz CT molecular complexity index is 825. The van der Waals surface area contributed by atoms with Crippen LogP contribution in [0.3, 0.4) is 0 Å². The minimum absolute atomic E-state index is 0.0578. The van der Waals surface area contributed by atoms with Crippen LogP contribution in [-0.2, 0) is 0 Å². The van der Waals surface area contributed by atoms with E-state index in [0.717, 1.165) is 25.9 Å². The van der Waals surface area contributed by atoms with Crippen LogP contribution in [0.15, 0.2) is 36.7 Å². The van der Waals surface area contributed by atoms with Gasteiger partial charge in [0, 0.05) is 48.2 Å². The highest BCUT2D eigenvalue weighted by Gasteiger charge is 2.15. The van der Waals surface area contributed by atoms with E-state index in [1.165, 1.54) is 12.1 Å². The van der Waals surface area contributed by atoms with Crippen LogP contribution in [0.25, 0.3) is 6.08 Å². The third-order valence-electron chi connectivity index (χ3n) is 4.16. The average molecular weight is 338 g/mol. The number of allylic oxidation sites excluding steroid dienone is 1. The SMILES string of the molecule is Cc1ccc(C(=O)/C=C/c2cnc(N3CCCC3)nc2)cc1[N+](=O)[O-]. The molecule has 1 saturated heterocycles. The van der Waals surface area contributed by atoms with Crippen LogP contribution in [0, 0.1) is 17.0 Å². The first-order chi connectivity index (χ1) is 12.0. The van der Waals surface area contributed by atoms with E-state index in [-0.39, 0.29) is 17.0 Å². The largest absolute Gasteiger partial charge is 0.341 e. The first-order valence-corrected chi connectivity index (χ1v) is 8.09. The Morgan fingerprint density at radius 2 is 1.92 bits per heavy atom. The predicted molar refractivity (Wildman–Crippen MR) is 94.7 cm³/mol. The van der Waals surface area contributed by atoms with Gasteiger partial charge in [0.15, 0.2) is 5.78 Å². The van der Waals surface area contributed by atoms with Crippen LogP contribution in [0.1, 0.15) is 34.3 Å². The minimum Gasteiger partial charge on any atom is -0.341 e. The second-order valence-electron chi connectivity index (χ2n) is 5.97. The molecule has 0 N–H and O–H groups in total. The molecule has 0 unspecified atom stereocenters. The molecule has 2 heterocycles. The maximum Gasteiger partial charge on any atom is 0.273 e. The third-order valence-corrected chi connectivity index (χ3v) is 4.16. The molecular formula is C18H18N4O3. The van der Waals surface area contributed by atoms with Crippen LogP contribution in [-0.4, -0.2) is 33.8 Å². The van der Waals surface area contributed by atoms with Gasteiger partial charge in [0.1, 0.15) is 0 Å². The molecule has 0 amide bonds. The van der Waals surface area contributed by atoms with Crippen molar-refractivity contribution in [1.29, 1.82) is 0 Å². The number of rotatable bonds is 5. The van der Waals surface area contributed by atoms with E-state index in [2.05, 4.69) is 14.9 Å². The van der Waals surface area contributed by atoms with Crippen molar-refractivity contribution in [2.75, 3.05) is 18.0 Å². The lowest BCUT2D eigenvalue weighted by Gasteiger charge is -2.14. The number of nitro benzene ring substituents is 1. The Kier molecular flexibility index (Phi) is 4.83. The number of hydrogen-bond acceptors (Lipinski definition) is 6. The monoisotopic (exact) mass is 338 g/mol. The maximum absolute atomic E-state index is 12.2. The van der Waals surface area contributed by atoms with E-state index in [9.17, 15) is 14.9 Å². The van der Waals surface area contributed by atoms with Crippen molar-refractivity contribution < 1.29 is 9.72 Å². The van der Waals surface area contributed by atoms with E-state index in [0.29, 0.717) is 17.1 Å². The van der Waals surface area contributed by atoms with Crippen LogP contribution in [0.5, 0.6) is 0 Å². The summed E-state index contributed by atoms with van der Waals surface area (Å²) in [6, 6.07) is 4.46. The summed E-state index contributed by atoms with van der Waals surface area (Å²) in [5.41, 5.74) is 1.45. The molecule has 0 spiro atoms. The number of nitro groups is 1. The third kappa shape index (κ3) is 3.88. The molecule has 128 valence electrons. The van der Waals surface area contributed by atoms with Crippen LogP contribution >= 0.6 is 0 Å². The Morgan fingerprint density at radius 1 is 1.24 bits per heavy atom. The summed E-state index contributed by atoms with van der Waals surface area (Å²) in [6.45, 7) is 3.58. The number of aryl methyl sites for hydroxylation is 1. The van der Waals surface area contributed by atoms with Crippen LogP contribution < -0.4 is 4.90 Å². The summed E-state index contributed by atoms with van der Waals surface area (Å²) in [4.78, 5) is 33.5. The molecule has 0 atom stereocenters. The van der Waals surface area contributed by atoms with E-state index in [1.54, 1.807) is 37.5 Å². The summed E-state index contributed by atoms with van der Waals surface area (Å²) in [7, 11) is 0. The van der Waals surface area contributed by atoms with Gasteiger partial charge < -0.3 is 4.90 Å². The Hall–Kier alpha value is -3.09. The lowest BCUT2D eigenvalue weighted by Crippen LogP contribution is -2.20. The molecule has 1 fully saturated rings. The smallest absolute Gasteiger partial charge is 0.273 e. The Labute approximate surface area is 145 Å². The summed E-state index contributed by atoms with van der Waals surface area (Å²) in [5.74, 6) is 0.404. The van der Waals surface area contributed by atoms with Gasteiger partial charge in [0.05, 0.1) is 4.92 Å². The van der Waals surface area contributed by atoms with Gasteiger partial charge in [-0.25, -0.2) is 9.97 Å². The molecule has 2 aromatic rings. The number of anilines is 1. The summed E-state index contributed by atoms with van der Waals surface area (Å²) in [6.07, 6.45) is 8.64. The molecule has 7 heteroatoms. The van der Waals surface area contributed by atoms with E-state index >= 15 is 0 Å². The molecule has 1 aliphatic heterocycles. The van der Waals surface area contributed by atoms with Crippen molar-refractivity contribution in [1.82, 2.24) is 9.97 Å². The average Bonchev–Trinajstić information content (AvgIpc) is 3.15. The van der Waals surface area contributed by atoms with E-state index in [4.69, 9.17) is 0 Å². The highest BCUT2D eigenvalue weighted by atomic mass is 16.6. The maximum atomic E-state index is 12.2. The number of carbonyl (C=O) groups is 1. The Morgan fingerprint density at radius 3 is 2.56 bits per heavy atom. The highest BCUT2D eigenvalue weighted by Crippen LogP contribution is 2.20. The molecule has 0 bridgehead atoms. The second kappa shape index (κ2) is 7.21. The fourth-order valence-electron chi connectivity index (χ4n) is 2.73.